The maximum absolute atomic E-state index is 6.11. The number of hydrogen-bond acceptors (Lipinski definition) is 3. The number of pyridine rings is 1. The van der Waals surface area contributed by atoms with Crippen molar-refractivity contribution in [2.24, 2.45) is 0 Å². The lowest BCUT2D eigenvalue weighted by molar-refractivity contribution is 0.472. The van der Waals surface area contributed by atoms with Crippen LogP contribution in [0.3, 0.4) is 0 Å². The van der Waals surface area contributed by atoms with E-state index in [1.807, 2.05) is 24.4 Å². The molecule has 3 aromatic rings. The van der Waals surface area contributed by atoms with Crippen LogP contribution in [0.2, 0.25) is 0 Å². The van der Waals surface area contributed by atoms with Gasteiger partial charge in [-0.15, -0.1) is 0 Å². The minimum Gasteiger partial charge on any atom is -0.451 e. The lowest BCUT2D eigenvalue weighted by atomic mass is 9.91. The number of nitrogens with zero attached hydrogens (tertiary/aromatic N) is 2. The van der Waals surface area contributed by atoms with Gasteiger partial charge in [-0.2, -0.15) is 0 Å². The summed E-state index contributed by atoms with van der Waals surface area (Å²) in [6.07, 6.45) is 2.76. The molecule has 24 heavy (non-hydrogen) atoms. The fourth-order valence-corrected chi connectivity index (χ4v) is 3.64. The molecule has 0 radical (unpaired) electrons. The molecular formula is C21H18N2O. The molecule has 5 rings (SSSR count). The van der Waals surface area contributed by atoms with Crippen molar-refractivity contribution < 1.29 is 4.74 Å². The minimum atomic E-state index is 0.496. The molecule has 0 spiro atoms. The molecule has 3 heteroatoms. The van der Waals surface area contributed by atoms with Gasteiger partial charge in [0.05, 0.1) is 11.4 Å². The number of fused-ring (bicyclic) bond motifs is 4. The number of benzene rings is 2. The zero-order valence-electron chi connectivity index (χ0n) is 13.8. The van der Waals surface area contributed by atoms with Gasteiger partial charge in [0.25, 0.3) is 0 Å². The van der Waals surface area contributed by atoms with E-state index in [-0.39, 0.29) is 0 Å². The van der Waals surface area contributed by atoms with Crippen LogP contribution in [-0.2, 0) is 6.42 Å². The predicted octanol–water partition coefficient (Wildman–Crippen LogP) is 5.68. The average Bonchev–Trinajstić information content (AvgIpc) is 2.61. The molecule has 0 fully saturated rings. The highest BCUT2D eigenvalue weighted by Gasteiger charge is 2.33. The molecule has 3 heterocycles. The van der Waals surface area contributed by atoms with Crippen LogP contribution in [-0.4, -0.2) is 4.98 Å². The van der Waals surface area contributed by atoms with E-state index in [0.29, 0.717) is 5.92 Å². The topological polar surface area (TPSA) is 25.4 Å². The molecule has 2 aliphatic heterocycles. The molecule has 1 aromatic heterocycles. The summed E-state index contributed by atoms with van der Waals surface area (Å²) in [5.74, 6) is 3.09. The summed E-state index contributed by atoms with van der Waals surface area (Å²) in [7, 11) is 0. The normalized spacial score (nSPS) is 13.9. The zero-order valence-corrected chi connectivity index (χ0v) is 13.8. The van der Waals surface area contributed by atoms with E-state index in [1.54, 1.807) is 0 Å². The number of aromatic nitrogens is 1. The smallest absolute Gasteiger partial charge is 0.181 e. The summed E-state index contributed by atoms with van der Waals surface area (Å²) >= 11 is 0. The average molecular weight is 314 g/mol. The van der Waals surface area contributed by atoms with Crippen molar-refractivity contribution in [2.75, 3.05) is 4.90 Å². The molecule has 0 N–H and O–H groups in total. The SMILES string of the molecule is CC(C)c1ccc2c(c1)N1c3ncccc3Oc3cccc(c31)C2. The Kier molecular flexibility index (Phi) is 2.75. The van der Waals surface area contributed by atoms with E-state index in [1.165, 1.54) is 22.4 Å². The summed E-state index contributed by atoms with van der Waals surface area (Å²) in [4.78, 5) is 6.89. The van der Waals surface area contributed by atoms with Crippen molar-refractivity contribution in [1.29, 1.82) is 0 Å². The van der Waals surface area contributed by atoms with E-state index in [2.05, 4.69) is 54.1 Å². The summed E-state index contributed by atoms with van der Waals surface area (Å²) in [5.41, 5.74) is 6.33. The first-order chi connectivity index (χ1) is 11.7. The Morgan fingerprint density at radius 3 is 2.75 bits per heavy atom. The molecule has 2 aliphatic rings. The fourth-order valence-electron chi connectivity index (χ4n) is 3.64. The number of rotatable bonds is 1. The Hall–Kier alpha value is -2.81. The standard InChI is InChI=1S/C21H18N2O/c1-13(2)14-8-9-15-11-16-5-3-6-18-20(16)23(17(15)12-14)21-19(24-18)7-4-10-22-21/h3-10,12-13H,11H2,1-2H3. The van der Waals surface area contributed by atoms with Crippen LogP contribution in [0.1, 0.15) is 36.5 Å². The first kappa shape index (κ1) is 13.6. The third kappa shape index (κ3) is 1.81. The summed E-state index contributed by atoms with van der Waals surface area (Å²) in [6.45, 7) is 4.46. The van der Waals surface area contributed by atoms with Crippen molar-refractivity contribution in [1.82, 2.24) is 4.98 Å². The Bertz CT molecular complexity index is 948. The zero-order chi connectivity index (χ0) is 16.3. The highest BCUT2D eigenvalue weighted by Crippen LogP contribution is 2.54. The van der Waals surface area contributed by atoms with Crippen LogP contribution >= 0.6 is 0 Å². The molecule has 0 amide bonds. The molecule has 0 saturated carbocycles. The highest BCUT2D eigenvalue weighted by molar-refractivity contribution is 5.89. The van der Waals surface area contributed by atoms with Gasteiger partial charge in [0.15, 0.2) is 17.3 Å². The van der Waals surface area contributed by atoms with Gasteiger partial charge in [-0.1, -0.05) is 38.1 Å². The number of hydrogen-bond donors (Lipinski definition) is 0. The number of ether oxygens (including phenoxy) is 1. The molecule has 0 aliphatic carbocycles. The molecule has 118 valence electrons. The molecule has 0 bridgehead atoms. The third-order valence-corrected chi connectivity index (χ3v) is 4.89. The Balaban J connectivity index is 1.81. The van der Waals surface area contributed by atoms with E-state index in [0.717, 1.165) is 29.4 Å². The van der Waals surface area contributed by atoms with Gasteiger partial charge in [0.1, 0.15) is 0 Å². The lowest BCUT2D eigenvalue weighted by Gasteiger charge is -2.37. The summed E-state index contributed by atoms with van der Waals surface area (Å²) < 4.78 is 6.11. The predicted molar refractivity (Wildman–Crippen MR) is 95.9 cm³/mol. The molecule has 0 atom stereocenters. The van der Waals surface area contributed by atoms with E-state index in [4.69, 9.17) is 4.74 Å². The molecule has 0 saturated heterocycles. The lowest BCUT2D eigenvalue weighted by Crippen LogP contribution is -2.23. The first-order valence-corrected chi connectivity index (χ1v) is 8.40. The van der Waals surface area contributed by atoms with Gasteiger partial charge in [-0.05, 0) is 46.9 Å². The van der Waals surface area contributed by atoms with Crippen molar-refractivity contribution in [2.45, 2.75) is 26.2 Å². The largest absolute Gasteiger partial charge is 0.451 e. The fraction of sp³-hybridized carbons (Fsp3) is 0.190. The van der Waals surface area contributed by atoms with Crippen molar-refractivity contribution in [3.05, 3.63) is 71.4 Å². The molecule has 3 nitrogen and oxygen atoms in total. The first-order valence-electron chi connectivity index (χ1n) is 8.40. The van der Waals surface area contributed by atoms with Crippen molar-refractivity contribution in [3.63, 3.8) is 0 Å². The van der Waals surface area contributed by atoms with Gasteiger partial charge < -0.3 is 4.74 Å². The van der Waals surface area contributed by atoms with Crippen LogP contribution in [0.4, 0.5) is 17.2 Å². The van der Waals surface area contributed by atoms with Crippen LogP contribution in [0.25, 0.3) is 0 Å². The van der Waals surface area contributed by atoms with Gasteiger partial charge in [0.2, 0.25) is 0 Å². The molecule has 0 unspecified atom stereocenters. The van der Waals surface area contributed by atoms with Crippen molar-refractivity contribution >= 4 is 17.2 Å². The maximum atomic E-state index is 6.11. The Labute approximate surface area is 141 Å². The van der Waals surface area contributed by atoms with Gasteiger partial charge in [0, 0.05) is 12.6 Å². The summed E-state index contributed by atoms with van der Waals surface area (Å²) in [6, 6.07) is 17.0. The van der Waals surface area contributed by atoms with Crippen LogP contribution in [0.5, 0.6) is 11.5 Å². The van der Waals surface area contributed by atoms with E-state index < -0.39 is 0 Å². The monoisotopic (exact) mass is 314 g/mol. The second-order valence-electron chi connectivity index (χ2n) is 6.75. The minimum absolute atomic E-state index is 0.496. The van der Waals surface area contributed by atoms with E-state index in [9.17, 15) is 0 Å². The second kappa shape index (κ2) is 4.84. The number of anilines is 3. The van der Waals surface area contributed by atoms with Crippen LogP contribution in [0, 0.1) is 0 Å². The maximum Gasteiger partial charge on any atom is 0.181 e. The summed E-state index contributed by atoms with van der Waals surface area (Å²) in [5, 5.41) is 0. The Morgan fingerprint density at radius 2 is 1.88 bits per heavy atom. The Morgan fingerprint density at radius 1 is 1.00 bits per heavy atom. The highest BCUT2D eigenvalue weighted by atomic mass is 16.5. The molecule has 2 aromatic carbocycles. The van der Waals surface area contributed by atoms with Gasteiger partial charge in [-0.25, -0.2) is 4.98 Å². The van der Waals surface area contributed by atoms with Crippen molar-refractivity contribution in [3.8, 4) is 11.5 Å². The molecular weight excluding hydrogens is 296 g/mol. The van der Waals surface area contributed by atoms with Crippen LogP contribution < -0.4 is 9.64 Å². The number of para-hydroxylation sites is 1. The quantitative estimate of drug-likeness (QED) is 0.398. The third-order valence-electron chi connectivity index (χ3n) is 4.89. The van der Waals surface area contributed by atoms with E-state index >= 15 is 0 Å². The van der Waals surface area contributed by atoms with Gasteiger partial charge >= 0.3 is 0 Å². The van der Waals surface area contributed by atoms with Gasteiger partial charge in [-0.3, -0.25) is 4.90 Å². The second-order valence-corrected chi connectivity index (χ2v) is 6.75. The van der Waals surface area contributed by atoms with Crippen LogP contribution in [0.15, 0.2) is 54.7 Å².